The fraction of sp³-hybridized carbons (Fsp3) is 0.231. The minimum Gasteiger partial charge on any atom is -0.480 e. The lowest BCUT2D eigenvalue weighted by molar-refractivity contribution is -0.145. The minimum absolute atomic E-state index is 0.442. The summed E-state index contributed by atoms with van der Waals surface area (Å²) in [5.41, 5.74) is -0.425. The molecule has 0 fully saturated rings. The number of hydrogen-bond acceptors (Lipinski definition) is 2. The number of nitrogens with one attached hydrogen (secondary N) is 1. The van der Waals surface area contributed by atoms with Crippen molar-refractivity contribution in [3.8, 4) is 0 Å². The van der Waals surface area contributed by atoms with Crippen LogP contribution in [0.5, 0.6) is 0 Å². The van der Waals surface area contributed by atoms with Crippen LogP contribution in [0.2, 0.25) is 0 Å². The number of benzene rings is 1. The van der Waals surface area contributed by atoms with E-state index in [1.54, 1.807) is 6.08 Å². The zero-order valence-electron chi connectivity index (χ0n) is 10.1. The zero-order valence-corrected chi connectivity index (χ0v) is 11.7. The van der Waals surface area contributed by atoms with Crippen LogP contribution < -0.4 is 5.32 Å². The van der Waals surface area contributed by atoms with E-state index in [9.17, 15) is 9.59 Å². The summed E-state index contributed by atoms with van der Waals surface area (Å²) in [5, 5.41) is 11.3. The number of amides is 1. The summed E-state index contributed by atoms with van der Waals surface area (Å²) in [6, 6.07) is 7.43. The van der Waals surface area contributed by atoms with Crippen LogP contribution in [0.3, 0.4) is 0 Å². The van der Waals surface area contributed by atoms with Crippen molar-refractivity contribution in [2.75, 3.05) is 0 Å². The van der Waals surface area contributed by atoms with Gasteiger partial charge in [0.05, 0.1) is 0 Å². The quantitative estimate of drug-likeness (QED) is 0.839. The summed E-state index contributed by atoms with van der Waals surface area (Å²) >= 11 is 3.32. The van der Waals surface area contributed by atoms with Gasteiger partial charge in [-0.1, -0.05) is 28.1 Å². The second-order valence-corrected chi connectivity index (χ2v) is 5.22. The molecule has 1 aromatic rings. The van der Waals surface area contributed by atoms with Crippen molar-refractivity contribution in [1.82, 2.24) is 5.32 Å². The van der Waals surface area contributed by atoms with Gasteiger partial charge < -0.3 is 10.4 Å². The Kier molecular flexibility index (Phi) is 4.67. The van der Waals surface area contributed by atoms with Crippen LogP contribution in [0, 0.1) is 0 Å². The second kappa shape index (κ2) is 5.82. The van der Waals surface area contributed by atoms with Gasteiger partial charge in [-0.05, 0) is 37.6 Å². The monoisotopic (exact) mass is 311 g/mol. The van der Waals surface area contributed by atoms with Crippen LogP contribution in [0.1, 0.15) is 19.4 Å². The molecule has 2 N–H and O–H groups in total. The number of aliphatic carboxylic acids is 1. The number of halogens is 1. The molecule has 0 aliphatic carbocycles. The molecule has 96 valence electrons. The van der Waals surface area contributed by atoms with Gasteiger partial charge in [-0.15, -0.1) is 0 Å². The van der Waals surface area contributed by atoms with E-state index < -0.39 is 17.4 Å². The molecule has 0 heterocycles. The molecule has 0 saturated carbocycles. The average Bonchev–Trinajstić information content (AvgIpc) is 2.25. The Bertz CT molecular complexity index is 495. The van der Waals surface area contributed by atoms with E-state index >= 15 is 0 Å². The van der Waals surface area contributed by atoms with Gasteiger partial charge in [0.1, 0.15) is 5.54 Å². The molecule has 0 bridgehead atoms. The standard InChI is InChI=1S/C13H14BrNO3/c1-13(2,12(17)18)15-11(16)7-6-9-4-3-5-10(14)8-9/h3-8H,1-2H3,(H,15,16)(H,17,18). The molecular weight excluding hydrogens is 298 g/mol. The van der Waals surface area contributed by atoms with E-state index in [-0.39, 0.29) is 0 Å². The molecule has 0 spiro atoms. The van der Waals surface area contributed by atoms with Gasteiger partial charge in [0.15, 0.2) is 0 Å². The van der Waals surface area contributed by atoms with Crippen molar-refractivity contribution in [2.45, 2.75) is 19.4 Å². The Balaban J connectivity index is 2.68. The molecule has 0 aliphatic rings. The number of carboxylic acids is 1. The van der Waals surface area contributed by atoms with Gasteiger partial charge in [0.2, 0.25) is 5.91 Å². The highest BCUT2D eigenvalue weighted by molar-refractivity contribution is 9.10. The van der Waals surface area contributed by atoms with Gasteiger partial charge in [-0.2, -0.15) is 0 Å². The predicted molar refractivity (Wildman–Crippen MR) is 73.0 cm³/mol. The van der Waals surface area contributed by atoms with Crippen LogP contribution in [0.25, 0.3) is 6.08 Å². The van der Waals surface area contributed by atoms with E-state index in [2.05, 4.69) is 21.2 Å². The van der Waals surface area contributed by atoms with Crippen molar-refractivity contribution in [3.63, 3.8) is 0 Å². The number of rotatable bonds is 4. The number of carboxylic acid groups (broad SMARTS) is 1. The van der Waals surface area contributed by atoms with Gasteiger partial charge in [-0.3, -0.25) is 4.79 Å². The maximum Gasteiger partial charge on any atom is 0.328 e. The van der Waals surface area contributed by atoms with Crippen LogP contribution in [-0.4, -0.2) is 22.5 Å². The van der Waals surface area contributed by atoms with Gasteiger partial charge in [0, 0.05) is 10.5 Å². The van der Waals surface area contributed by atoms with Crippen LogP contribution in [-0.2, 0) is 9.59 Å². The van der Waals surface area contributed by atoms with Crippen molar-refractivity contribution < 1.29 is 14.7 Å². The Morgan fingerprint density at radius 1 is 1.39 bits per heavy atom. The lowest BCUT2D eigenvalue weighted by Crippen LogP contribution is -2.49. The molecular formula is C13H14BrNO3. The minimum atomic E-state index is -1.28. The third-order valence-electron chi connectivity index (χ3n) is 2.25. The highest BCUT2D eigenvalue weighted by Gasteiger charge is 2.27. The first-order valence-corrected chi connectivity index (χ1v) is 6.10. The maximum absolute atomic E-state index is 11.5. The third-order valence-corrected chi connectivity index (χ3v) is 2.74. The summed E-state index contributed by atoms with van der Waals surface area (Å²) in [4.78, 5) is 22.4. The topological polar surface area (TPSA) is 66.4 Å². The molecule has 0 aromatic heterocycles. The predicted octanol–water partition coefficient (Wildman–Crippen LogP) is 2.44. The Hall–Kier alpha value is -1.62. The van der Waals surface area contributed by atoms with Crippen molar-refractivity contribution in [3.05, 3.63) is 40.4 Å². The van der Waals surface area contributed by atoms with Crippen LogP contribution >= 0.6 is 15.9 Å². The number of hydrogen-bond donors (Lipinski definition) is 2. The molecule has 1 amide bonds. The maximum atomic E-state index is 11.5. The van der Waals surface area contributed by atoms with Crippen molar-refractivity contribution in [1.29, 1.82) is 0 Å². The summed E-state index contributed by atoms with van der Waals surface area (Å²) in [7, 11) is 0. The molecule has 0 saturated heterocycles. The smallest absolute Gasteiger partial charge is 0.328 e. The van der Waals surface area contributed by atoms with E-state index in [0.29, 0.717) is 0 Å². The first kappa shape index (κ1) is 14.4. The second-order valence-electron chi connectivity index (χ2n) is 4.31. The normalized spacial score (nSPS) is 11.5. The molecule has 4 nitrogen and oxygen atoms in total. The Morgan fingerprint density at radius 3 is 2.61 bits per heavy atom. The molecule has 0 atom stereocenters. The lowest BCUT2D eigenvalue weighted by atomic mass is 10.1. The fourth-order valence-corrected chi connectivity index (χ4v) is 1.60. The molecule has 5 heteroatoms. The van der Waals surface area contributed by atoms with Gasteiger partial charge >= 0.3 is 5.97 Å². The summed E-state index contributed by atoms with van der Waals surface area (Å²) in [5.74, 6) is -1.52. The first-order chi connectivity index (χ1) is 8.31. The Labute approximate surface area is 114 Å². The molecule has 0 radical (unpaired) electrons. The highest BCUT2D eigenvalue weighted by Crippen LogP contribution is 2.12. The molecule has 1 rings (SSSR count). The van der Waals surface area contributed by atoms with E-state index in [1.807, 2.05) is 24.3 Å². The molecule has 1 aromatic carbocycles. The SMILES string of the molecule is CC(C)(NC(=O)C=Cc1cccc(Br)c1)C(=O)O. The zero-order chi connectivity index (χ0) is 13.8. The van der Waals surface area contributed by atoms with E-state index in [1.165, 1.54) is 19.9 Å². The summed E-state index contributed by atoms with van der Waals surface area (Å²) in [6.45, 7) is 2.86. The van der Waals surface area contributed by atoms with Crippen LogP contribution in [0.15, 0.2) is 34.8 Å². The average molecular weight is 312 g/mol. The Morgan fingerprint density at radius 2 is 2.06 bits per heavy atom. The summed E-state index contributed by atoms with van der Waals surface area (Å²) < 4.78 is 0.913. The largest absolute Gasteiger partial charge is 0.480 e. The fourth-order valence-electron chi connectivity index (χ4n) is 1.19. The highest BCUT2D eigenvalue weighted by atomic mass is 79.9. The summed E-state index contributed by atoms with van der Waals surface area (Å²) in [6.07, 6.45) is 2.94. The molecule has 18 heavy (non-hydrogen) atoms. The van der Waals surface area contributed by atoms with Crippen LogP contribution in [0.4, 0.5) is 0 Å². The number of carbonyl (C=O) groups is 2. The lowest BCUT2D eigenvalue weighted by Gasteiger charge is -2.19. The number of carbonyl (C=O) groups excluding carboxylic acids is 1. The van der Waals surface area contributed by atoms with E-state index in [0.717, 1.165) is 10.0 Å². The van der Waals surface area contributed by atoms with Crippen molar-refractivity contribution >= 4 is 33.9 Å². The van der Waals surface area contributed by atoms with Gasteiger partial charge in [-0.25, -0.2) is 4.79 Å². The molecule has 0 unspecified atom stereocenters. The van der Waals surface area contributed by atoms with Crippen molar-refractivity contribution in [2.24, 2.45) is 0 Å². The first-order valence-electron chi connectivity index (χ1n) is 5.30. The molecule has 0 aliphatic heterocycles. The van der Waals surface area contributed by atoms with E-state index in [4.69, 9.17) is 5.11 Å². The van der Waals surface area contributed by atoms with Gasteiger partial charge in [0.25, 0.3) is 0 Å². The third kappa shape index (κ3) is 4.33.